The first-order valence-corrected chi connectivity index (χ1v) is 12.1. The Morgan fingerprint density at radius 1 is 1.16 bits per heavy atom. The molecule has 0 radical (unpaired) electrons. The molecule has 0 saturated carbocycles. The standard InChI is InChI=1S/C21H21F2N3O3S2/c1-12-3-6-17-19(13(12)2)24-21(30-17)25-20(27)14-7-9-26(10-8-14)31(28,29)18-11-15(22)4-5-16(18)23/h3-6,11,14H,7-10H2,1-2H3,(H,24,25,27). The van der Waals surface area contributed by atoms with Crippen molar-refractivity contribution in [2.45, 2.75) is 31.6 Å². The lowest BCUT2D eigenvalue weighted by atomic mass is 9.97. The van der Waals surface area contributed by atoms with Crippen molar-refractivity contribution in [1.29, 1.82) is 0 Å². The van der Waals surface area contributed by atoms with Crippen LogP contribution in [0.1, 0.15) is 24.0 Å². The number of halogens is 2. The van der Waals surface area contributed by atoms with Crippen molar-refractivity contribution in [3.63, 3.8) is 0 Å². The van der Waals surface area contributed by atoms with Crippen LogP contribution in [0.2, 0.25) is 0 Å². The van der Waals surface area contributed by atoms with Crippen molar-refractivity contribution in [3.8, 4) is 0 Å². The summed E-state index contributed by atoms with van der Waals surface area (Å²) < 4.78 is 54.9. The molecule has 6 nitrogen and oxygen atoms in total. The van der Waals surface area contributed by atoms with E-state index in [4.69, 9.17) is 0 Å². The minimum absolute atomic E-state index is 0.0501. The third-order valence-electron chi connectivity index (χ3n) is 5.65. The van der Waals surface area contributed by atoms with Crippen molar-refractivity contribution in [1.82, 2.24) is 9.29 Å². The van der Waals surface area contributed by atoms with Gasteiger partial charge in [0, 0.05) is 19.0 Å². The molecule has 1 aliphatic rings. The van der Waals surface area contributed by atoms with Crippen LogP contribution >= 0.6 is 11.3 Å². The first kappa shape index (κ1) is 21.8. The summed E-state index contributed by atoms with van der Waals surface area (Å²) in [6, 6.07) is 6.33. The molecule has 10 heteroatoms. The van der Waals surface area contributed by atoms with E-state index in [2.05, 4.69) is 10.3 Å². The molecule has 0 aliphatic carbocycles. The predicted molar refractivity (Wildman–Crippen MR) is 116 cm³/mol. The summed E-state index contributed by atoms with van der Waals surface area (Å²) >= 11 is 1.39. The molecule has 1 N–H and O–H groups in total. The van der Waals surface area contributed by atoms with Crippen LogP contribution in [0.4, 0.5) is 13.9 Å². The fourth-order valence-electron chi connectivity index (χ4n) is 3.66. The molecule has 164 valence electrons. The minimum Gasteiger partial charge on any atom is -0.302 e. The fourth-order valence-corrected chi connectivity index (χ4v) is 6.13. The number of aryl methyl sites for hydroxylation is 2. The molecule has 31 heavy (non-hydrogen) atoms. The van der Waals surface area contributed by atoms with Crippen LogP contribution in [0.25, 0.3) is 10.2 Å². The van der Waals surface area contributed by atoms with Crippen LogP contribution in [0.15, 0.2) is 35.2 Å². The average Bonchev–Trinajstić information content (AvgIpc) is 3.16. The van der Waals surface area contributed by atoms with Gasteiger partial charge in [-0.2, -0.15) is 4.31 Å². The second-order valence-electron chi connectivity index (χ2n) is 7.62. The van der Waals surface area contributed by atoms with Crippen molar-refractivity contribution in [3.05, 3.63) is 53.1 Å². The van der Waals surface area contributed by atoms with Gasteiger partial charge in [0.2, 0.25) is 15.9 Å². The lowest BCUT2D eigenvalue weighted by Crippen LogP contribution is -2.41. The maximum Gasteiger partial charge on any atom is 0.246 e. The number of benzene rings is 2. The Kier molecular flexibility index (Phi) is 5.80. The quantitative estimate of drug-likeness (QED) is 0.625. The normalized spacial score (nSPS) is 16.0. The van der Waals surface area contributed by atoms with Gasteiger partial charge < -0.3 is 5.32 Å². The van der Waals surface area contributed by atoms with Crippen molar-refractivity contribution in [2.24, 2.45) is 5.92 Å². The molecular formula is C21H21F2N3O3S2. The number of aromatic nitrogens is 1. The van der Waals surface area contributed by atoms with E-state index in [0.717, 1.165) is 37.8 Å². The number of piperidine rings is 1. The van der Waals surface area contributed by atoms with Crippen LogP contribution in [0.3, 0.4) is 0 Å². The lowest BCUT2D eigenvalue weighted by molar-refractivity contribution is -0.120. The number of hydrogen-bond acceptors (Lipinski definition) is 5. The Hall–Kier alpha value is -2.43. The van der Waals surface area contributed by atoms with Gasteiger partial charge in [-0.05, 0) is 62.1 Å². The largest absolute Gasteiger partial charge is 0.302 e. The third kappa shape index (κ3) is 4.19. The first-order valence-electron chi connectivity index (χ1n) is 9.79. The molecule has 3 aromatic rings. The Morgan fingerprint density at radius 3 is 2.58 bits per heavy atom. The Morgan fingerprint density at radius 2 is 1.87 bits per heavy atom. The molecule has 2 aromatic carbocycles. The number of carbonyl (C=O) groups excluding carboxylic acids is 1. The SMILES string of the molecule is Cc1ccc2sc(NC(=O)C3CCN(S(=O)(=O)c4cc(F)ccc4F)CC3)nc2c1C. The zero-order valence-electron chi connectivity index (χ0n) is 17.0. The molecular weight excluding hydrogens is 444 g/mol. The van der Waals surface area contributed by atoms with Crippen LogP contribution in [-0.2, 0) is 14.8 Å². The topological polar surface area (TPSA) is 79.4 Å². The van der Waals surface area contributed by atoms with E-state index in [1.165, 1.54) is 11.3 Å². The number of fused-ring (bicyclic) bond motifs is 1. The van der Waals surface area contributed by atoms with E-state index in [9.17, 15) is 22.0 Å². The van der Waals surface area contributed by atoms with Crippen LogP contribution in [-0.4, -0.2) is 36.7 Å². The molecule has 0 unspecified atom stereocenters. The van der Waals surface area contributed by atoms with Crippen molar-refractivity contribution >= 4 is 42.6 Å². The lowest BCUT2D eigenvalue weighted by Gasteiger charge is -2.30. The molecule has 1 aliphatic heterocycles. The monoisotopic (exact) mass is 465 g/mol. The average molecular weight is 466 g/mol. The molecule has 2 heterocycles. The molecule has 1 fully saturated rings. The second-order valence-corrected chi connectivity index (χ2v) is 10.6. The highest BCUT2D eigenvalue weighted by Gasteiger charge is 2.34. The summed E-state index contributed by atoms with van der Waals surface area (Å²) in [7, 11) is -4.17. The summed E-state index contributed by atoms with van der Waals surface area (Å²) in [5.74, 6) is -2.43. The van der Waals surface area contributed by atoms with Crippen LogP contribution in [0, 0.1) is 31.4 Å². The predicted octanol–water partition coefficient (Wildman–Crippen LogP) is 4.23. The van der Waals surface area contributed by atoms with Crippen LogP contribution in [0.5, 0.6) is 0 Å². The van der Waals surface area contributed by atoms with E-state index in [0.29, 0.717) is 11.2 Å². The van der Waals surface area contributed by atoms with E-state index < -0.39 is 32.5 Å². The first-order chi connectivity index (χ1) is 14.7. The molecule has 4 rings (SSSR count). The molecule has 1 amide bonds. The summed E-state index contributed by atoms with van der Waals surface area (Å²) in [6.07, 6.45) is 0.566. The van der Waals surface area contributed by atoms with Gasteiger partial charge in [0.05, 0.1) is 10.2 Å². The molecule has 0 bridgehead atoms. The number of anilines is 1. The van der Waals surface area contributed by atoms with E-state index in [1.807, 2.05) is 26.0 Å². The number of carbonyl (C=O) groups is 1. The Bertz CT molecular complexity index is 1270. The maximum atomic E-state index is 14.0. The van der Waals surface area contributed by atoms with Gasteiger partial charge in [-0.1, -0.05) is 17.4 Å². The zero-order chi connectivity index (χ0) is 22.3. The number of thiazole rings is 1. The van der Waals surface area contributed by atoms with E-state index >= 15 is 0 Å². The van der Waals surface area contributed by atoms with Gasteiger partial charge >= 0.3 is 0 Å². The minimum atomic E-state index is -4.17. The van der Waals surface area contributed by atoms with E-state index in [1.54, 1.807) is 0 Å². The molecule has 1 aromatic heterocycles. The smallest absolute Gasteiger partial charge is 0.246 e. The molecule has 0 atom stereocenters. The number of rotatable bonds is 4. The third-order valence-corrected chi connectivity index (χ3v) is 8.50. The number of hydrogen-bond donors (Lipinski definition) is 1. The Labute approximate surface area is 183 Å². The highest BCUT2D eigenvalue weighted by atomic mass is 32.2. The summed E-state index contributed by atoms with van der Waals surface area (Å²) in [5.41, 5.74) is 3.05. The van der Waals surface area contributed by atoms with E-state index in [-0.39, 0.29) is 31.8 Å². The van der Waals surface area contributed by atoms with Gasteiger partial charge in [-0.25, -0.2) is 22.2 Å². The van der Waals surface area contributed by atoms with Crippen LogP contribution < -0.4 is 5.32 Å². The number of nitrogens with zero attached hydrogens (tertiary/aromatic N) is 2. The zero-order valence-corrected chi connectivity index (χ0v) is 18.6. The number of amides is 1. The molecule has 1 saturated heterocycles. The number of nitrogens with one attached hydrogen (secondary N) is 1. The molecule has 0 spiro atoms. The summed E-state index contributed by atoms with van der Waals surface area (Å²) in [5, 5.41) is 3.35. The summed E-state index contributed by atoms with van der Waals surface area (Å²) in [6.45, 7) is 4.09. The van der Waals surface area contributed by atoms with Gasteiger partial charge in [0.25, 0.3) is 0 Å². The van der Waals surface area contributed by atoms with Gasteiger partial charge in [-0.15, -0.1) is 0 Å². The maximum absolute atomic E-state index is 14.0. The summed E-state index contributed by atoms with van der Waals surface area (Å²) in [4.78, 5) is 16.5. The highest BCUT2D eigenvalue weighted by molar-refractivity contribution is 7.89. The number of sulfonamides is 1. The Balaban J connectivity index is 1.43. The van der Waals surface area contributed by atoms with Gasteiger partial charge in [0.1, 0.15) is 16.5 Å². The van der Waals surface area contributed by atoms with Crippen molar-refractivity contribution < 1.29 is 22.0 Å². The van der Waals surface area contributed by atoms with Gasteiger partial charge in [0.15, 0.2) is 5.13 Å². The van der Waals surface area contributed by atoms with Crippen molar-refractivity contribution in [2.75, 3.05) is 18.4 Å². The highest BCUT2D eigenvalue weighted by Crippen LogP contribution is 2.31. The fraction of sp³-hybridized carbons (Fsp3) is 0.333. The second kappa shape index (κ2) is 8.25. The van der Waals surface area contributed by atoms with Gasteiger partial charge in [-0.3, -0.25) is 4.79 Å².